The molecule has 1 amide bonds. The summed E-state index contributed by atoms with van der Waals surface area (Å²) in [5.41, 5.74) is 5.21. The van der Waals surface area contributed by atoms with Gasteiger partial charge < -0.3 is 19.3 Å². The highest BCUT2D eigenvalue weighted by Gasteiger charge is 2.36. The molecule has 5 heterocycles. The molecular weight excluding hydrogens is 518 g/mol. The van der Waals surface area contributed by atoms with Gasteiger partial charge in [-0.2, -0.15) is 19.0 Å². The van der Waals surface area contributed by atoms with Crippen molar-refractivity contribution in [1.29, 1.82) is 0 Å². The maximum absolute atomic E-state index is 14.8. The predicted molar refractivity (Wildman–Crippen MR) is 146 cm³/mol. The Hall–Kier alpha value is -3.73. The number of carbonyl (C=O) groups excluding carboxylic acids is 1. The summed E-state index contributed by atoms with van der Waals surface area (Å²) in [6, 6.07) is 3.79. The standard InChI is InChI=1S/C29H34F2N6O3/c1-4-9-29(30,31)40-27-14-26-20(13-23(27)21-15-32-34(3)16-21)6-5-10-36(26)28-24-17-35(19(2)38)11-7-25(24)37(33-28)22-8-12-39-18-22/h4,13-16,22H,1,5-12,17-18H2,2-3H3/t22-/m0/s1. The Kier molecular flexibility index (Phi) is 6.85. The summed E-state index contributed by atoms with van der Waals surface area (Å²) in [6.07, 6.45) is 3.82. The summed E-state index contributed by atoms with van der Waals surface area (Å²) < 4.78 is 44.3. The molecule has 1 saturated heterocycles. The molecule has 11 heteroatoms. The summed E-state index contributed by atoms with van der Waals surface area (Å²) in [4.78, 5) is 16.3. The lowest BCUT2D eigenvalue weighted by Gasteiger charge is -2.33. The van der Waals surface area contributed by atoms with Gasteiger partial charge in [-0.15, -0.1) is 6.58 Å². The minimum atomic E-state index is -3.42. The number of rotatable bonds is 7. The normalized spacial score (nSPS) is 18.9. The Morgan fingerprint density at radius 2 is 2.15 bits per heavy atom. The van der Waals surface area contributed by atoms with Crippen LogP contribution >= 0.6 is 0 Å². The third-order valence-electron chi connectivity index (χ3n) is 7.97. The van der Waals surface area contributed by atoms with E-state index >= 15 is 0 Å². The highest BCUT2D eigenvalue weighted by molar-refractivity contribution is 5.79. The minimum absolute atomic E-state index is 0.0221. The van der Waals surface area contributed by atoms with Crippen LogP contribution in [0.1, 0.15) is 49.0 Å². The van der Waals surface area contributed by atoms with Crippen LogP contribution in [0, 0.1) is 0 Å². The molecule has 212 valence electrons. The summed E-state index contributed by atoms with van der Waals surface area (Å²) in [5, 5.41) is 9.36. The Bertz CT molecular complexity index is 1440. The molecule has 0 bridgehead atoms. The Morgan fingerprint density at radius 1 is 1.30 bits per heavy atom. The molecule has 3 aliphatic heterocycles. The molecule has 3 aromatic rings. The quantitative estimate of drug-likeness (QED) is 0.393. The van der Waals surface area contributed by atoms with Gasteiger partial charge in [-0.1, -0.05) is 6.08 Å². The number of anilines is 2. The van der Waals surface area contributed by atoms with E-state index in [1.54, 1.807) is 37.1 Å². The number of nitrogens with zero attached hydrogens (tertiary/aromatic N) is 6. The van der Waals surface area contributed by atoms with Crippen LogP contribution in [0.25, 0.3) is 11.1 Å². The van der Waals surface area contributed by atoms with Gasteiger partial charge >= 0.3 is 6.11 Å². The van der Waals surface area contributed by atoms with Crippen LogP contribution < -0.4 is 9.64 Å². The van der Waals surface area contributed by atoms with Gasteiger partial charge in [-0.3, -0.25) is 14.2 Å². The number of alkyl halides is 2. The molecule has 1 fully saturated rings. The lowest BCUT2D eigenvalue weighted by atomic mass is 9.95. The third-order valence-corrected chi connectivity index (χ3v) is 7.97. The van der Waals surface area contributed by atoms with Gasteiger partial charge in [0, 0.05) is 80.4 Å². The number of halogens is 2. The van der Waals surface area contributed by atoms with E-state index in [1.807, 2.05) is 11.0 Å². The molecule has 3 aliphatic rings. The number of aromatic nitrogens is 4. The molecule has 9 nitrogen and oxygen atoms in total. The number of fused-ring (bicyclic) bond motifs is 2. The van der Waals surface area contributed by atoms with Crippen molar-refractivity contribution < 1.29 is 23.0 Å². The SMILES string of the molecule is C=CCC(F)(F)Oc1cc2c(cc1-c1cnn(C)c1)CCCN2c1nn([C@H]2CCOC2)c2c1CN(C(C)=O)CC2. The fraction of sp³-hybridized carbons (Fsp3) is 0.483. The maximum atomic E-state index is 14.8. The second-order valence-electron chi connectivity index (χ2n) is 10.8. The lowest BCUT2D eigenvalue weighted by Crippen LogP contribution is -2.35. The van der Waals surface area contributed by atoms with Crippen LogP contribution in [-0.4, -0.2) is 62.8 Å². The van der Waals surface area contributed by atoms with Crippen LogP contribution in [0.3, 0.4) is 0 Å². The summed E-state index contributed by atoms with van der Waals surface area (Å²) in [6.45, 7) is 8.12. The van der Waals surface area contributed by atoms with Crippen molar-refractivity contribution in [2.24, 2.45) is 7.05 Å². The number of carbonyl (C=O) groups is 1. The van der Waals surface area contributed by atoms with Gasteiger partial charge in [0.25, 0.3) is 0 Å². The summed E-state index contributed by atoms with van der Waals surface area (Å²) >= 11 is 0. The molecule has 0 spiro atoms. The molecule has 1 aromatic carbocycles. The highest BCUT2D eigenvalue weighted by Crippen LogP contribution is 2.45. The Balaban J connectivity index is 1.47. The number of aryl methyl sites for hydroxylation is 2. The van der Waals surface area contributed by atoms with Crippen molar-refractivity contribution >= 4 is 17.4 Å². The van der Waals surface area contributed by atoms with E-state index in [0.29, 0.717) is 50.4 Å². The smallest absolute Gasteiger partial charge is 0.401 e. The van der Waals surface area contributed by atoms with Crippen molar-refractivity contribution in [1.82, 2.24) is 24.5 Å². The second-order valence-corrected chi connectivity index (χ2v) is 10.8. The molecule has 1 atom stereocenters. The summed E-state index contributed by atoms with van der Waals surface area (Å²) in [5.74, 6) is 0.869. The van der Waals surface area contributed by atoms with E-state index < -0.39 is 12.5 Å². The van der Waals surface area contributed by atoms with Crippen molar-refractivity contribution in [2.75, 3.05) is 31.2 Å². The van der Waals surface area contributed by atoms with Crippen molar-refractivity contribution in [3.05, 3.63) is 54.0 Å². The first-order chi connectivity index (χ1) is 19.2. The van der Waals surface area contributed by atoms with Gasteiger partial charge in [-0.25, -0.2) is 0 Å². The average molecular weight is 553 g/mol. The van der Waals surface area contributed by atoms with Gasteiger partial charge in [0.05, 0.1) is 31.8 Å². The molecule has 0 N–H and O–H groups in total. The first-order valence-electron chi connectivity index (χ1n) is 13.8. The second kappa shape index (κ2) is 10.3. The topological polar surface area (TPSA) is 77.7 Å². The first kappa shape index (κ1) is 26.5. The number of hydrogen-bond acceptors (Lipinski definition) is 6. The van der Waals surface area contributed by atoms with Gasteiger partial charge in [0.15, 0.2) is 5.82 Å². The maximum Gasteiger partial charge on any atom is 0.401 e. The minimum Gasteiger partial charge on any atom is -0.432 e. The number of ether oxygens (including phenoxy) is 2. The van der Waals surface area contributed by atoms with E-state index in [1.165, 1.54) is 0 Å². The highest BCUT2D eigenvalue weighted by atomic mass is 19.3. The average Bonchev–Trinajstić information content (AvgIpc) is 3.67. The van der Waals surface area contributed by atoms with Crippen LogP contribution in [0.2, 0.25) is 0 Å². The van der Waals surface area contributed by atoms with E-state index in [9.17, 15) is 13.6 Å². The van der Waals surface area contributed by atoms with Crippen LogP contribution in [0.15, 0.2) is 37.2 Å². The zero-order chi connectivity index (χ0) is 28.0. The van der Waals surface area contributed by atoms with Crippen LogP contribution in [-0.2, 0) is 36.0 Å². The Labute approximate surface area is 231 Å². The first-order valence-corrected chi connectivity index (χ1v) is 13.8. The zero-order valence-electron chi connectivity index (χ0n) is 22.9. The molecule has 0 unspecified atom stereocenters. The zero-order valence-corrected chi connectivity index (χ0v) is 22.9. The van der Waals surface area contributed by atoms with Crippen molar-refractivity contribution in [2.45, 2.75) is 57.7 Å². The third kappa shape index (κ3) is 4.87. The molecule has 40 heavy (non-hydrogen) atoms. The number of benzene rings is 1. The number of hydrogen-bond donors (Lipinski definition) is 0. The molecule has 0 radical (unpaired) electrons. The van der Waals surface area contributed by atoms with E-state index in [2.05, 4.69) is 21.3 Å². The Morgan fingerprint density at radius 3 is 2.85 bits per heavy atom. The molecule has 0 saturated carbocycles. The van der Waals surface area contributed by atoms with E-state index in [-0.39, 0.29) is 17.7 Å². The monoisotopic (exact) mass is 552 g/mol. The fourth-order valence-electron chi connectivity index (χ4n) is 6.01. The molecule has 0 aliphatic carbocycles. The molecule has 2 aromatic heterocycles. The van der Waals surface area contributed by atoms with E-state index in [4.69, 9.17) is 14.6 Å². The molecule has 6 rings (SSSR count). The number of amides is 1. The van der Waals surface area contributed by atoms with E-state index in [0.717, 1.165) is 53.7 Å². The van der Waals surface area contributed by atoms with Crippen LogP contribution in [0.4, 0.5) is 20.3 Å². The molecular formula is C29H34F2N6O3. The lowest BCUT2D eigenvalue weighted by molar-refractivity contribution is -0.171. The van der Waals surface area contributed by atoms with Crippen LogP contribution in [0.5, 0.6) is 5.75 Å². The fourth-order valence-corrected chi connectivity index (χ4v) is 6.01. The van der Waals surface area contributed by atoms with Crippen molar-refractivity contribution in [3.8, 4) is 16.9 Å². The van der Waals surface area contributed by atoms with Gasteiger partial charge in [-0.05, 0) is 30.9 Å². The van der Waals surface area contributed by atoms with Crippen molar-refractivity contribution in [3.63, 3.8) is 0 Å². The predicted octanol–water partition coefficient (Wildman–Crippen LogP) is 4.78. The van der Waals surface area contributed by atoms with Gasteiger partial charge in [0.1, 0.15) is 5.75 Å². The summed E-state index contributed by atoms with van der Waals surface area (Å²) in [7, 11) is 1.79. The van der Waals surface area contributed by atoms with Gasteiger partial charge in [0.2, 0.25) is 5.91 Å². The largest absolute Gasteiger partial charge is 0.432 e.